The fourth-order valence-electron chi connectivity index (χ4n) is 7.49. The van der Waals surface area contributed by atoms with Crippen LogP contribution in [-0.4, -0.2) is 0 Å². The molecule has 0 saturated heterocycles. The molecule has 0 radical (unpaired) electrons. The van der Waals surface area contributed by atoms with Crippen LogP contribution in [0.2, 0.25) is 0 Å². The maximum absolute atomic E-state index is 2.44. The minimum Gasteiger partial charge on any atom is -0.310 e. The van der Waals surface area contributed by atoms with Crippen molar-refractivity contribution in [3.63, 3.8) is 0 Å². The summed E-state index contributed by atoms with van der Waals surface area (Å²) in [7, 11) is 0. The van der Waals surface area contributed by atoms with E-state index in [1.807, 2.05) is 11.3 Å². The lowest BCUT2D eigenvalue weighted by Crippen LogP contribution is -2.10. The fourth-order valence-corrected chi connectivity index (χ4v) is 8.61. The van der Waals surface area contributed by atoms with Gasteiger partial charge in [-0.3, -0.25) is 0 Å². The number of nitrogens with zero attached hydrogens (tertiary/aromatic N) is 1. The molecule has 10 aromatic rings. The summed E-state index contributed by atoms with van der Waals surface area (Å²) < 4.78 is 2.60. The van der Waals surface area contributed by atoms with Crippen LogP contribution in [-0.2, 0) is 0 Å². The molecule has 50 heavy (non-hydrogen) atoms. The lowest BCUT2D eigenvalue weighted by atomic mass is 9.96. The molecule has 0 atom stereocenters. The van der Waals surface area contributed by atoms with Gasteiger partial charge < -0.3 is 4.90 Å². The summed E-state index contributed by atoms with van der Waals surface area (Å²) in [6.45, 7) is 0. The van der Waals surface area contributed by atoms with E-state index in [0.717, 1.165) is 11.4 Å². The third kappa shape index (κ3) is 4.92. The van der Waals surface area contributed by atoms with Gasteiger partial charge >= 0.3 is 0 Å². The highest BCUT2D eigenvalue weighted by atomic mass is 32.1. The van der Waals surface area contributed by atoms with Crippen LogP contribution >= 0.6 is 11.3 Å². The van der Waals surface area contributed by atoms with Crippen molar-refractivity contribution in [1.29, 1.82) is 0 Å². The molecule has 1 aromatic heterocycles. The van der Waals surface area contributed by atoms with Crippen LogP contribution in [0.25, 0.3) is 74.7 Å². The van der Waals surface area contributed by atoms with Gasteiger partial charge in [-0.25, -0.2) is 0 Å². The Morgan fingerprint density at radius 1 is 0.320 bits per heavy atom. The second-order valence-corrected chi connectivity index (χ2v) is 14.1. The molecule has 0 aliphatic rings. The van der Waals surface area contributed by atoms with Gasteiger partial charge in [0.05, 0.1) is 5.69 Å². The molecule has 9 aromatic carbocycles. The summed E-state index contributed by atoms with van der Waals surface area (Å²) in [5.74, 6) is 0. The first-order valence-corrected chi connectivity index (χ1v) is 17.9. The molecule has 0 amide bonds. The van der Waals surface area contributed by atoms with E-state index in [1.165, 1.54) is 80.4 Å². The molecule has 10 rings (SSSR count). The maximum Gasteiger partial charge on any atom is 0.0554 e. The van der Waals surface area contributed by atoms with Crippen molar-refractivity contribution in [2.45, 2.75) is 0 Å². The standard InChI is InChI=1S/C48H31NS/c1-3-11-35-27-39(21-19-32(35)9-1)36-13-7-14-37(28-36)40-22-20-34-24-26-43(31-41(34)29-40)49(42-25-23-33-10-2-4-12-38(33)30-42)45-16-8-18-47-48(45)44-15-5-6-17-46(44)50-47/h1-31H. The van der Waals surface area contributed by atoms with Gasteiger partial charge in [0.1, 0.15) is 0 Å². The summed E-state index contributed by atoms with van der Waals surface area (Å²) in [5, 5.41) is 10.0. The Balaban J connectivity index is 1.13. The molecule has 0 saturated carbocycles. The SMILES string of the molecule is c1cc(-c2ccc3ccccc3c2)cc(-c2ccc3ccc(N(c4ccc5ccccc5c4)c4cccc5sc6ccccc6c45)cc3c2)c1. The highest BCUT2D eigenvalue weighted by Crippen LogP contribution is 2.45. The van der Waals surface area contributed by atoms with Crippen molar-refractivity contribution in [2.24, 2.45) is 0 Å². The lowest BCUT2D eigenvalue weighted by Gasteiger charge is -2.27. The van der Waals surface area contributed by atoms with E-state index in [1.54, 1.807) is 0 Å². The molecule has 0 aliphatic carbocycles. The minimum absolute atomic E-state index is 1.14. The Hall–Kier alpha value is -6.22. The van der Waals surface area contributed by atoms with Crippen molar-refractivity contribution in [1.82, 2.24) is 0 Å². The van der Waals surface area contributed by atoms with Crippen molar-refractivity contribution < 1.29 is 0 Å². The van der Waals surface area contributed by atoms with Crippen molar-refractivity contribution >= 4 is 80.9 Å². The summed E-state index contributed by atoms with van der Waals surface area (Å²) >= 11 is 1.86. The van der Waals surface area contributed by atoms with Crippen molar-refractivity contribution in [3.05, 3.63) is 188 Å². The first-order valence-electron chi connectivity index (χ1n) is 17.1. The molecule has 2 heteroatoms. The molecule has 1 nitrogen and oxygen atoms in total. The van der Waals surface area contributed by atoms with E-state index in [4.69, 9.17) is 0 Å². The van der Waals surface area contributed by atoms with Gasteiger partial charge in [-0.1, -0.05) is 127 Å². The number of rotatable bonds is 5. The zero-order valence-electron chi connectivity index (χ0n) is 27.3. The molecule has 0 unspecified atom stereocenters. The molecule has 1 heterocycles. The van der Waals surface area contributed by atoms with E-state index in [0.29, 0.717) is 0 Å². The summed E-state index contributed by atoms with van der Waals surface area (Å²) in [6.07, 6.45) is 0. The molecule has 0 fully saturated rings. The lowest BCUT2D eigenvalue weighted by molar-refractivity contribution is 1.31. The second-order valence-electron chi connectivity index (χ2n) is 13.0. The molecule has 0 aliphatic heterocycles. The van der Waals surface area contributed by atoms with Gasteiger partial charge in [-0.05, 0) is 115 Å². The molecular weight excluding hydrogens is 623 g/mol. The van der Waals surface area contributed by atoms with E-state index in [9.17, 15) is 0 Å². The Morgan fingerprint density at radius 3 is 1.54 bits per heavy atom. The van der Waals surface area contributed by atoms with Crippen LogP contribution in [0.5, 0.6) is 0 Å². The zero-order valence-corrected chi connectivity index (χ0v) is 28.1. The summed E-state index contributed by atoms with van der Waals surface area (Å²) in [4.78, 5) is 2.44. The average molecular weight is 654 g/mol. The Bertz CT molecular complexity index is 2900. The molecule has 0 spiro atoms. The van der Waals surface area contributed by atoms with E-state index >= 15 is 0 Å². The van der Waals surface area contributed by atoms with Crippen LogP contribution < -0.4 is 4.90 Å². The van der Waals surface area contributed by atoms with Crippen LogP contribution in [0.4, 0.5) is 17.1 Å². The highest BCUT2D eigenvalue weighted by Gasteiger charge is 2.19. The topological polar surface area (TPSA) is 3.24 Å². The monoisotopic (exact) mass is 653 g/mol. The molecule has 0 N–H and O–H groups in total. The smallest absolute Gasteiger partial charge is 0.0554 e. The first kappa shape index (κ1) is 28.8. The highest BCUT2D eigenvalue weighted by molar-refractivity contribution is 7.26. The number of hydrogen-bond donors (Lipinski definition) is 0. The molecule has 234 valence electrons. The van der Waals surface area contributed by atoms with Crippen molar-refractivity contribution in [2.75, 3.05) is 4.90 Å². The van der Waals surface area contributed by atoms with Crippen LogP contribution in [0.15, 0.2) is 188 Å². The van der Waals surface area contributed by atoms with E-state index in [2.05, 4.69) is 193 Å². The Kier molecular flexibility index (Phi) is 6.75. The normalized spacial score (nSPS) is 11.6. The molecule has 0 bridgehead atoms. The fraction of sp³-hybridized carbons (Fsp3) is 0. The first-order chi connectivity index (χ1) is 24.7. The van der Waals surface area contributed by atoms with E-state index < -0.39 is 0 Å². The van der Waals surface area contributed by atoms with Gasteiger partial charge in [0.25, 0.3) is 0 Å². The van der Waals surface area contributed by atoms with Gasteiger partial charge in [0.15, 0.2) is 0 Å². The quantitative estimate of drug-likeness (QED) is 0.179. The van der Waals surface area contributed by atoms with Gasteiger partial charge in [0.2, 0.25) is 0 Å². The Labute approximate surface area is 294 Å². The predicted octanol–water partition coefficient (Wildman–Crippen LogP) is 14.3. The number of anilines is 3. The largest absolute Gasteiger partial charge is 0.310 e. The van der Waals surface area contributed by atoms with Crippen LogP contribution in [0, 0.1) is 0 Å². The third-order valence-electron chi connectivity index (χ3n) is 9.97. The predicted molar refractivity (Wildman–Crippen MR) is 217 cm³/mol. The zero-order chi connectivity index (χ0) is 33.0. The van der Waals surface area contributed by atoms with E-state index in [-0.39, 0.29) is 0 Å². The average Bonchev–Trinajstić information content (AvgIpc) is 3.57. The van der Waals surface area contributed by atoms with Gasteiger partial charge in [-0.2, -0.15) is 0 Å². The maximum atomic E-state index is 2.44. The summed E-state index contributed by atoms with van der Waals surface area (Å²) in [6, 6.07) is 68.9. The third-order valence-corrected chi connectivity index (χ3v) is 11.1. The minimum atomic E-state index is 1.14. The summed E-state index contributed by atoms with van der Waals surface area (Å²) in [5.41, 5.74) is 8.34. The van der Waals surface area contributed by atoms with Gasteiger partial charge in [0, 0.05) is 31.5 Å². The Morgan fingerprint density at radius 2 is 0.820 bits per heavy atom. The number of benzene rings is 9. The van der Waals surface area contributed by atoms with Crippen molar-refractivity contribution in [3.8, 4) is 22.3 Å². The number of hydrogen-bond acceptors (Lipinski definition) is 2. The van der Waals surface area contributed by atoms with Crippen LogP contribution in [0.3, 0.4) is 0 Å². The van der Waals surface area contributed by atoms with Gasteiger partial charge in [-0.15, -0.1) is 11.3 Å². The second kappa shape index (κ2) is 11.7. The number of thiophene rings is 1. The number of fused-ring (bicyclic) bond motifs is 6. The molecular formula is C48H31NS. The van der Waals surface area contributed by atoms with Crippen LogP contribution in [0.1, 0.15) is 0 Å².